The Morgan fingerprint density at radius 1 is 1.27 bits per heavy atom. The maximum atomic E-state index is 11.8. The summed E-state index contributed by atoms with van der Waals surface area (Å²) in [6, 6.07) is 0. The third-order valence-corrected chi connectivity index (χ3v) is 2.26. The zero-order valence-corrected chi connectivity index (χ0v) is 9.50. The van der Waals surface area contributed by atoms with E-state index in [-0.39, 0.29) is 0 Å². The van der Waals surface area contributed by atoms with Gasteiger partial charge in [0.1, 0.15) is 16.4 Å². The van der Waals surface area contributed by atoms with Crippen molar-refractivity contribution in [3.05, 3.63) is 0 Å². The van der Waals surface area contributed by atoms with Crippen LogP contribution in [0.2, 0.25) is 0 Å². The fourth-order valence-corrected chi connectivity index (χ4v) is 1.27. The van der Waals surface area contributed by atoms with Gasteiger partial charge in [-0.3, -0.25) is 9.00 Å². The molecule has 0 aromatic rings. The fraction of sp³-hybridized carbons (Fsp3) is 0.875. The van der Waals surface area contributed by atoms with Crippen molar-refractivity contribution >= 4 is 16.8 Å². The molecule has 0 bridgehead atoms. The lowest BCUT2D eigenvalue weighted by Crippen LogP contribution is -2.26. The molecule has 1 atom stereocenters. The molecule has 0 fully saturated rings. The van der Waals surface area contributed by atoms with Gasteiger partial charge in [-0.1, -0.05) is 0 Å². The first-order chi connectivity index (χ1) is 6.52. The molecule has 0 aromatic heterocycles. The van der Waals surface area contributed by atoms with E-state index in [0.29, 0.717) is 0 Å². The minimum absolute atomic E-state index is 0.497. The van der Waals surface area contributed by atoms with Crippen LogP contribution >= 0.6 is 0 Å². The summed E-state index contributed by atoms with van der Waals surface area (Å²) in [4.78, 5) is 11.0. The van der Waals surface area contributed by atoms with Gasteiger partial charge in [-0.2, -0.15) is 13.2 Å². The molecule has 0 rings (SSSR count). The molecule has 3 nitrogen and oxygen atoms in total. The lowest BCUT2D eigenvalue weighted by Gasteiger charge is -2.19. The molecule has 15 heavy (non-hydrogen) atoms. The summed E-state index contributed by atoms with van der Waals surface area (Å²) in [7, 11) is -2.99. The molecule has 0 amide bonds. The van der Waals surface area contributed by atoms with Crippen molar-refractivity contribution in [2.75, 3.05) is 5.75 Å². The van der Waals surface area contributed by atoms with Crippen molar-refractivity contribution in [3.8, 4) is 0 Å². The number of carbonyl (C=O) groups excluding carboxylic acids is 1. The van der Waals surface area contributed by atoms with Crippen LogP contribution in [-0.2, 0) is 20.3 Å². The van der Waals surface area contributed by atoms with Gasteiger partial charge in [-0.25, -0.2) is 0 Å². The lowest BCUT2D eigenvalue weighted by atomic mass is 10.2. The number of hydrogen-bond acceptors (Lipinski definition) is 3. The summed E-state index contributed by atoms with van der Waals surface area (Å²) in [5.41, 5.74) is -5.50. The summed E-state index contributed by atoms with van der Waals surface area (Å²) in [6.07, 6.45) is -0.497. The Morgan fingerprint density at radius 2 is 1.73 bits per heavy atom. The highest BCUT2D eigenvalue weighted by molar-refractivity contribution is 7.85. The van der Waals surface area contributed by atoms with E-state index < -0.39 is 40.1 Å². The molecule has 0 saturated carbocycles. The van der Waals surface area contributed by atoms with Crippen LogP contribution in [0.15, 0.2) is 0 Å². The van der Waals surface area contributed by atoms with E-state index in [4.69, 9.17) is 4.74 Å². The Labute approximate surface area is 88.4 Å². The van der Waals surface area contributed by atoms with Crippen LogP contribution in [0.1, 0.15) is 27.2 Å². The maximum Gasteiger partial charge on any atom is 0.471 e. The van der Waals surface area contributed by atoms with Crippen molar-refractivity contribution < 1.29 is 26.9 Å². The predicted molar refractivity (Wildman–Crippen MR) is 49.5 cm³/mol. The zero-order valence-electron chi connectivity index (χ0n) is 8.68. The lowest BCUT2D eigenvalue weighted by molar-refractivity contribution is -0.154. The molecule has 0 aromatic carbocycles. The van der Waals surface area contributed by atoms with E-state index in [0.717, 1.165) is 0 Å². The fourth-order valence-electron chi connectivity index (χ4n) is 0.684. The van der Waals surface area contributed by atoms with Gasteiger partial charge in [0, 0.05) is 5.75 Å². The van der Waals surface area contributed by atoms with Gasteiger partial charge in [0.05, 0.1) is 6.42 Å². The highest BCUT2D eigenvalue weighted by Gasteiger charge is 2.36. The number of ether oxygens (including phenoxy) is 1. The number of esters is 1. The largest absolute Gasteiger partial charge is 0.471 e. The number of rotatable bonds is 3. The molecule has 0 radical (unpaired) electrons. The molecule has 0 spiro atoms. The maximum absolute atomic E-state index is 11.8. The highest BCUT2D eigenvalue weighted by Crippen LogP contribution is 2.20. The predicted octanol–water partition coefficient (Wildman–Crippen LogP) is 1.99. The first-order valence-corrected chi connectivity index (χ1v) is 5.51. The van der Waals surface area contributed by atoms with Crippen LogP contribution in [0, 0.1) is 0 Å². The molecule has 1 unspecified atom stereocenters. The quantitative estimate of drug-likeness (QED) is 0.715. The van der Waals surface area contributed by atoms with E-state index >= 15 is 0 Å². The smallest absolute Gasteiger partial charge is 0.460 e. The summed E-state index contributed by atoms with van der Waals surface area (Å²) in [6.45, 7) is 4.81. The standard InChI is InChI=1S/C8H13F3O3S/c1-7(2,3)14-6(12)4-5-15(13)8(9,10)11/h4-5H2,1-3H3. The Balaban J connectivity index is 3.98. The molecule has 7 heteroatoms. The molecule has 0 aliphatic rings. The highest BCUT2D eigenvalue weighted by atomic mass is 32.2. The van der Waals surface area contributed by atoms with E-state index in [1.54, 1.807) is 20.8 Å². The zero-order chi connectivity index (χ0) is 12.3. The Kier molecular flexibility index (Phi) is 4.76. The molecule has 0 heterocycles. The molecule has 0 aliphatic heterocycles. The van der Waals surface area contributed by atoms with Gasteiger partial charge in [0.15, 0.2) is 0 Å². The SMILES string of the molecule is CC(C)(C)OC(=O)CCS(=O)C(F)(F)F. The van der Waals surface area contributed by atoms with Crippen molar-refractivity contribution in [1.82, 2.24) is 0 Å². The van der Waals surface area contributed by atoms with Crippen LogP contribution in [0.25, 0.3) is 0 Å². The van der Waals surface area contributed by atoms with Gasteiger partial charge >= 0.3 is 11.5 Å². The van der Waals surface area contributed by atoms with Gasteiger partial charge in [-0.15, -0.1) is 0 Å². The minimum atomic E-state index is -4.76. The second-order valence-electron chi connectivity index (χ2n) is 3.83. The normalized spacial score (nSPS) is 14.8. The van der Waals surface area contributed by atoms with Crippen LogP contribution < -0.4 is 0 Å². The third-order valence-electron chi connectivity index (χ3n) is 1.17. The van der Waals surface area contributed by atoms with E-state index in [2.05, 4.69) is 0 Å². The molecular formula is C8H13F3O3S. The topological polar surface area (TPSA) is 43.4 Å². The summed E-state index contributed by atoms with van der Waals surface area (Å²) >= 11 is 0. The monoisotopic (exact) mass is 246 g/mol. The van der Waals surface area contributed by atoms with E-state index in [1.165, 1.54) is 0 Å². The second kappa shape index (κ2) is 4.96. The number of hydrogen-bond donors (Lipinski definition) is 0. The first-order valence-electron chi connectivity index (χ1n) is 4.19. The van der Waals surface area contributed by atoms with Crippen LogP contribution in [0.4, 0.5) is 13.2 Å². The van der Waals surface area contributed by atoms with Crippen LogP contribution in [-0.4, -0.2) is 27.0 Å². The van der Waals surface area contributed by atoms with Crippen molar-refractivity contribution in [3.63, 3.8) is 0 Å². The van der Waals surface area contributed by atoms with E-state index in [9.17, 15) is 22.2 Å². The molecule has 0 aliphatic carbocycles. The van der Waals surface area contributed by atoms with Crippen molar-refractivity contribution in [2.45, 2.75) is 38.3 Å². The van der Waals surface area contributed by atoms with Gasteiger partial charge in [0.2, 0.25) is 0 Å². The van der Waals surface area contributed by atoms with Crippen LogP contribution in [0.5, 0.6) is 0 Å². The van der Waals surface area contributed by atoms with E-state index in [1.807, 2.05) is 0 Å². The van der Waals surface area contributed by atoms with Crippen molar-refractivity contribution in [1.29, 1.82) is 0 Å². The Hall–Kier alpha value is -0.590. The Morgan fingerprint density at radius 3 is 2.07 bits per heavy atom. The summed E-state index contributed by atoms with van der Waals surface area (Å²) in [5, 5.41) is 0. The van der Waals surface area contributed by atoms with Gasteiger partial charge < -0.3 is 4.74 Å². The van der Waals surface area contributed by atoms with Crippen LogP contribution in [0.3, 0.4) is 0 Å². The summed E-state index contributed by atoms with van der Waals surface area (Å²) in [5.74, 6) is -1.53. The third kappa shape index (κ3) is 7.35. The molecule has 90 valence electrons. The first kappa shape index (κ1) is 14.4. The molecule has 0 N–H and O–H groups in total. The number of halogens is 3. The number of carbonyl (C=O) groups is 1. The summed E-state index contributed by atoms with van der Waals surface area (Å²) < 4.78 is 50.6. The number of alkyl halides is 3. The average molecular weight is 246 g/mol. The van der Waals surface area contributed by atoms with Gasteiger partial charge in [0.25, 0.3) is 0 Å². The Bertz CT molecular complexity index is 255. The average Bonchev–Trinajstić information content (AvgIpc) is 1.94. The molecule has 0 saturated heterocycles. The minimum Gasteiger partial charge on any atom is -0.460 e. The second-order valence-corrected chi connectivity index (χ2v) is 5.39. The molecular weight excluding hydrogens is 233 g/mol. The van der Waals surface area contributed by atoms with Crippen molar-refractivity contribution in [2.24, 2.45) is 0 Å². The van der Waals surface area contributed by atoms with Gasteiger partial charge in [-0.05, 0) is 20.8 Å².